The maximum absolute atomic E-state index is 13.4. The SMILES string of the molecule is Cc1cc(F)c2c(c1)C(N)CCC2.Cl. The molecule has 1 atom stereocenters. The lowest BCUT2D eigenvalue weighted by Crippen LogP contribution is -2.18. The van der Waals surface area contributed by atoms with Gasteiger partial charge in [0, 0.05) is 6.04 Å². The van der Waals surface area contributed by atoms with Gasteiger partial charge in [-0.1, -0.05) is 6.07 Å². The summed E-state index contributed by atoms with van der Waals surface area (Å²) in [7, 11) is 0. The standard InChI is InChI=1S/C11H14FN.ClH/c1-7-5-9-8(10(12)6-7)3-2-4-11(9)13;/h5-6,11H,2-4,13H2,1H3;1H. The molecule has 1 nitrogen and oxygen atoms in total. The summed E-state index contributed by atoms with van der Waals surface area (Å²) in [6, 6.07) is 3.65. The Labute approximate surface area is 89.9 Å². The van der Waals surface area contributed by atoms with Crippen LogP contribution in [0.5, 0.6) is 0 Å². The van der Waals surface area contributed by atoms with Gasteiger partial charge in [-0.2, -0.15) is 0 Å². The van der Waals surface area contributed by atoms with E-state index in [1.807, 2.05) is 13.0 Å². The normalized spacial score (nSPS) is 19.8. The van der Waals surface area contributed by atoms with Crippen molar-refractivity contribution in [1.29, 1.82) is 0 Å². The molecule has 3 heteroatoms. The van der Waals surface area contributed by atoms with Gasteiger partial charge in [-0.3, -0.25) is 0 Å². The molecule has 0 fully saturated rings. The van der Waals surface area contributed by atoms with Crippen LogP contribution in [0.3, 0.4) is 0 Å². The fourth-order valence-electron chi connectivity index (χ4n) is 2.05. The first-order valence-electron chi connectivity index (χ1n) is 4.73. The summed E-state index contributed by atoms with van der Waals surface area (Å²) in [4.78, 5) is 0. The van der Waals surface area contributed by atoms with E-state index in [4.69, 9.17) is 5.73 Å². The highest BCUT2D eigenvalue weighted by atomic mass is 35.5. The summed E-state index contributed by atoms with van der Waals surface area (Å²) in [5, 5.41) is 0. The molecular formula is C11H15ClFN. The average Bonchev–Trinajstić information content (AvgIpc) is 2.07. The highest BCUT2D eigenvalue weighted by Gasteiger charge is 2.19. The second-order valence-electron chi connectivity index (χ2n) is 3.81. The third-order valence-corrected chi connectivity index (χ3v) is 2.72. The van der Waals surface area contributed by atoms with Crippen LogP contribution < -0.4 is 5.73 Å². The first-order chi connectivity index (χ1) is 6.18. The van der Waals surface area contributed by atoms with Crippen molar-refractivity contribution in [2.75, 3.05) is 0 Å². The number of rotatable bonds is 0. The molecule has 1 aliphatic rings. The van der Waals surface area contributed by atoms with Crippen molar-refractivity contribution in [3.8, 4) is 0 Å². The van der Waals surface area contributed by atoms with E-state index in [2.05, 4.69) is 0 Å². The van der Waals surface area contributed by atoms with E-state index >= 15 is 0 Å². The molecule has 1 aromatic carbocycles. The van der Waals surface area contributed by atoms with Crippen molar-refractivity contribution in [2.24, 2.45) is 5.73 Å². The van der Waals surface area contributed by atoms with Crippen LogP contribution in [0.2, 0.25) is 0 Å². The molecule has 1 aliphatic carbocycles. The minimum Gasteiger partial charge on any atom is -0.324 e. The molecule has 0 saturated carbocycles. The van der Waals surface area contributed by atoms with Crippen LogP contribution in [0.1, 0.15) is 35.6 Å². The van der Waals surface area contributed by atoms with Crippen molar-refractivity contribution in [3.05, 3.63) is 34.6 Å². The van der Waals surface area contributed by atoms with Crippen LogP contribution in [-0.2, 0) is 6.42 Å². The summed E-state index contributed by atoms with van der Waals surface area (Å²) < 4.78 is 13.4. The smallest absolute Gasteiger partial charge is 0.126 e. The monoisotopic (exact) mass is 215 g/mol. The van der Waals surface area contributed by atoms with Gasteiger partial charge < -0.3 is 5.73 Å². The van der Waals surface area contributed by atoms with E-state index in [1.54, 1.807) is 6.07 Å². The Kier molecular flexibility index (Phi) is 3.51. The molecule has 0 amide bonds. The first-order valence-corrected chi connectivity index (χ1v) is 4.73. The zero-order chi connectivity index (χ0) is 9.42. The van der Waals surface area contributed by atoms with E-state index in [0.717, 1.165) is 36.0 Å². The van der Waals surface area contributed by atoms with Crippen LogP contribution in [0.4, 0.5) is 4.39 Å². The highest BCUT2D eigenvalue weighted by molar-refractivity contribution is 5.85. The third-order valence-electron chi connectivity index (χ3n) is 2.72. The van der Waals surface area contributed by atoms with Gasteiger partial charge in [-0.15, -0.1) is 12.4 Å². The van der Waals surface area contributed by atoms with Gasteiger partial charge in [-0.25, -0.2) is 4.39 Å². The van der Waals surface area contributed by atoms with Crippen molar-refractivity contribution in [1.82, 2.24) is 0 Å². The Morgan fingerprint density at radius 1 is 1.43 bits per heavy atom. The van der Waals surface area contributed by atoms with Gasteiger partial charge in [0.15, 0.2) is 0 Å². The van der Waals surface area contributed by atoms with Crippen molar-refractivity contribution in [2.45, 2.75) is 32.2 Å². The van der Waals surface area contributed by atoms with E-state index in [1.165, 1.54) is 0 Å². The minimum atomic E-state index is -0.0786. The van der Waals surface area contributed by atoms with Crippen LogP contribution in [0.25, 0.3) is 0 Å². The predicted octanol–water partition coefficient (Wildman–Crippen LogP) is 2.89. The number of halogens is 2. The average molecular weight is 216 g/mol. The number of fused-ring (bicyclic) bond motifs is 1. The van der Waals surface area contributed by atoms with Crippen molar-refractivity contribution in [3.63, 3.8) is 0 Å². The molecule has 1 unspecified atom stereocenters. The first kappa shape index (κ1) is 11.5. The second kappa shape index (κ2) is 4.28. The van der Waals surface area contributed by atoms with Crippen LogP contribution in [-0.4, -0.2) is 0 Å². The summed E-state index contributed by atoms with van der Waals surface area (Å²) in [6.45, 7) is 1.91. The van der Waals surface area contributed by atoms with Gasteiger partial charge in [0.1, 0.15) is 5.82 Å². The topological polar surface area (TPSA) is 26.0 Å². The fraction of sp³-hybridized carbons (Fsp3) is 0.455. The summed E-state index contributed by atoms with van der Waals surface area (Å²) in [6.07, 6.45) is 2.83. The van der Waals surface area contributed by atoms with E-state index in [-0.39, 0.29) is 24.3 Å². The number of hydrogen-bond donors (Lipinski definition) is 1. The molecule has 0 aromatic heterocycles. The van der Waals surface area contributed by atoms with E-state index in [9.17, 15) is 4.39 Å². The Morgan fingerprint density at radius 2 is 2.14 bits per heavy atom. The quantitative estimate of drug-likeness (QED) is 0.708. The van der Waals surface area contributed by atoms with Gasteiger partial charge in [-0.05, 0) is 48.9 Å². The van der Waals surface area contributed by atoms with Crippen LogP contribution >= 0.6 is 12.4 Å². The molecule has 14 heavy (non-hydrogen) atoms. The highest BCUT2D eigenvalue weighted by Crippen LogP contribution is 2.30. The summed E-state index contributed by atoms with van der Waals surface area (Å²) in [5.74, 6) is -0.0786. The fourth-order valence-corrected chi connectivity index (χ4v) is 2.05. The molecule has 0 bridgehead atoms. The maximum Gasteiger partial charge on any atom is 0.126 e. The Hall–Kier alpha value is -0.600. The summed E-state index contributed by atoms with van der Waals surface area (Å²) in [5.41, 5.74) is 8.74. The molecule has 0 heterocycles. The molecule has 0 spiro atoms. The van der Waals surface area contributed by atoms with Gasteiger partial charge in [0.2, 0.25) is 0 Å². The zero-order valence-corrected chi connectivity index (χ0v) is 9.03. The lowest BCUT2D eigenvalue weighted by atomic mass is 9.87. The predicted molar refractivity (Wildman–Crippen MR) is 58.3 cm³/mol. The zero-order valence-electron chi connectivity index (χ0n) is 8.22. The van der Waals surface area contributed by atoms with E-state index in [0.29, 0.717) is 0 Å². The number of aryl methyl sites for hydroxylation is 1. The minimum absolute atomic E-state index is 0. The summed E-state index contributed by atoms with van der Waals surface area (Å²) >= 11 is 0. The molecule has 78 valence electrons. The molecular weight excluding hydrogens is 201 g/mol. The largest absolute Gasteiger partial charge is 0.324 e. The van der Waals surface area contributed by atoms with Crippen molar-refractivity contribution >= 4 is 12.4 Å². The van der Waals surface area contributed by atoms with Gasteiger partial charge in [0.25, 0.3) is 0 Å². The third kappa shape index (κ3) is 1.91. The number of nitrogens with two attached hydrogens (primary N) is 1. The molecule has 2 N–H and O–H groups in total. The maximum atomic E-state index is 13.4. The molecule has 0 radical (unpaired) electrons. The van der Waals surface area contributed by atoms with E-state index < -0.39 is 0 Å². The van der Waals surface area contributed by atoms with Crippen LogP contribution in [0.15, 0.2) is 12.1 Å². The molecule has 2 rings (SSSR count). The van der Waals surface area contributed by atoms with Crippen molar-refractivity contribution < 1.29 is 4.39 Å². The van der Waals surface area contributed by atoms with Gasteiger partial charge in [0.05, 0.1) is 0 Å². The molecule has 1 aromatic rings. The number of hydrogen-bond acceptors (Lipinski definition) is 1. The Balaban J connectivity index is 0.000000980. The lowest BCUT2D eigenvalue weighted by Gasteiger charge is -2.23. The van der Waals surface area contributed by atoms with Gasteiger partial charge >= 0.3 is 0 Å². The van der Waals surface area contributed by atoms with Crippen LogP contribution in [0, 0.1) is 12.7 Å². The number of benzene rings is 1. The molecule has 0 aliphatic heterocycles. The Bertz CT molecular complexity index is 338. The Morgan fingerprint density at radius 3 is 2.86 bits per heavy atom. The second-order valence-corrected chi connectivity index (χ2v) is 3.81. The molecule has 0 saturated heterocycles. The lowest BCUT2D eigenvalue weighted by molar-refractivity contribution is 0.530.